The quantitative estimate of drug-likeness (QED) is 0.902. The van der Waals surface area contributed by atoms with Crippen molar-refractivity contribution in [3.05, 3.63) is 39.7 Å². The molecule has 0 amide bonds. The Morgan fingerprint density at radius 2 is 2.15 bits per heavy atom. The van der Waals surface area contributed by atoms with Crippen molar-refractivity contribution in [2.24, 2.45) is 5.92 Å². The Kier molecular flexibility index (Phi) is 4.28. The molecular weight excluding hydrogens is 322 g/mol. The first kappa shape index (κ1) is 14.8. The Balaban J connectivity index is 2.52. The highest BCUT2D eigenvalue weighted by Gasteiger charge is 2.22. The van der Waals surface area contributed by atoms with Gasteiger partial charge in [0.1, 0.15) is 0 Å². The first-order valence-electron chi connectivity index (χ1n) is 6.38. The molecule has 2 rings (SSSR count). The topological polar surface area (TPSA) is 63.3 Å². The first-order valence-corrected chi connectivity index (χ1v) is 7.17. The van der Waals surface area contributed by atoms with E-state index >= 15 is 0 Å². The molecule has 1 heterocycles. The van der Waals surface area contributed by atoms with Crippen LogP contribution in [0.4, 0.5) is 0 Å². The summed E-state index contributed by atoms with van der Waals surface area (Å²) in [5.74, 6) is -0.495. The SMILES string of the molecule is Cc1ccc(Br)c(-c2nc(CC(C)C)c(C(=O)O)o2)c1. The average molecular weight is 338 g/mol. The molecule has 0 unspecified atom stereocenters. The molecule has 0 radical (unpaired) electrons. The van der Waals surface area contributed by atoms with Crippen molar-refractivity contribution < 1.29 is 14.3 Å². The fraction of sp³-hybridized carbons (Fsp3) is 0.333. The molecule has 0 spiro atoms. The van der Waals surface area contributed by atoms with Gasteiger partial charge in [0.25, 0.3) is 0 Å². The van der Waals surface area contributed by atoms with E-state index in [0.29, 0.717) is 23.9 Å². The predicted octanol–water partition coefficient (Wildman–Crippen LogP) is 4.31. The summed E-state index contributed by atoms with van der Waals surface area (Å²) in [6.07, 6.45) is 0.578. The van der Waals surface area contributed by atoms with Crippen LogP contribution in [0.3, 0.4) is 0 Å². The maximum atomic E-state index is 11.3. The number of hydrogen-bond donors (Lipinski definition) is 1. The minimum atomic E-state index is -1.08. The summed E-state index contributed by atoms with van der Waals surface area (Å²) in [6, 6.07) is 5.78. The van der Waals surface area contributed by atoms with Crippen molar-refractivity contribution in [2.75, 3.05) is 0 Å². The summed E-state index contributed by atoms with van der Waals surface area (Å²) < 4.78 is 6.29. The largest absolute Gasteiger partial charge is 0.475 e. The third-order valence-electron chi connectivity index (χ3n) is 2.85. The Morgan fingerprint density at radius 3 is 2.75 bits per heavy atom. The lowest BCUT2D eigenvalue weighted by molar-refractivity contribution is 0.0661. The zero-order valence-corrected chi connectivity index (χ0v) is 13.2. The first-order chi connectivity index (χ1) is 9.38. The molecule has 0 aliphatic carbocycles. The molecule has 1 aromatic carbocycles. The Morgan fingerprint density at radius 1 is 1.45 bits per heavy atom. The van der Waals surface area contributed by atoms with E-state index in [1.807, 2.05) is 39.0 Å². The molecule has 0 aliphatic heterocycles. The van der Waals surface area contributed by atoms with Crippen LogP contribution in [0.2, 0.25) is 0 Å². The third kappa shape index (κ3) is 3.10. The second kappa shape index (κ2) is 5.79. The molecule has 1 N–H and O–H groups in total. The molecule has 4 nitrogen and oxygen atoms in total. The number of hydrogen-bond acceptors (Lipinski definition) is 3. The van der Waals surface area contributed by atoms with Gasteiger partial charge >= 0.3 is 5.97 Å². The van der Waals surface area contributed by atoms with Gasteiger partial charge in [0.15, 0.2) is 0 Å². The number of halogens is 1. The normalized spacial score (nSPS) is 11.1. The van der Waals surface area contributed by atoms with Gasteiger partial charge in [-0.3, -0.25) is 0 Å². The van der Waals surface area contributed by atoms with Gasteiger partial charge in [0.05, 0.1) is 11.3 Å². The highest BCUT2D eigenvalue weighted by atomic mass is 79.9. The standard InChI is InChI=1S/C15H16BrNO3/c1-8(2)6-12-13(15(18)19)20-14(17-12)10-7-9(3)4-5-11(10)16/h4-5,7-8H,6H2,1-3H3,(H,18,19). The number of rotatable bonds is 4. The number of carboxylic acid groups (broad SMARTS) is 1. The minimum absolute atomic E-state index is 0.0675. The fourth-order valence-electron chi connectivity index (χ4n) is 1.96. The van der Waals surface area contributed by atoms with Gasteiger partial charge in [-0.25, -0.2) is 9.78 Å². The second-order valence-corrected chi connectivity index (χ2v) is 6.04. The van der Waals surface area contributed by atoms with Crippen LogP contribution >= 0.6 is 15.9 Å². The van der Waals surface area contributed by atoms with Gasteiger partial charge in [0.2, 0.25) is 11.7 Å². The lowest BCUT2D eigenvalue weighted by Gasteiger charge is -2.01. The van der Waals surface area contributed by atoms with E-state index in [2.05, 4.69) is 20.9 Å². The van der Waals surface area contributed by atoms with Crippen LogP contribution in [0.5, 0.6) is 0 Å². The van der Waals surface area contributed by atoms with E-state index in [1.54, 1.807) is 0 Å². The predicted molar refractivity (Wildman–Crippen MR) is 79.9 cm³/mol. The molecule has 0 atom stereocenters. The third-order valence-corrected chi connectivity index (χ3v) is 3.54. The van der Waals surface area contributed by atoms with Crippen LogP contribution in [0.15, 0.2) is 27.1 Å². The highest BCUT2D eigenvalue weighted by molar-refractivity contribution is 9.10. The fourth-order valence-corrected chi connectivity index (χ4v) is 2.38. The molecule has 1 aromatic heterocycles. The summed E-state index contributed by atoms with van der Waals surface area (Å²) in [4.78, 5) is 15.6. The molecule has 0 aliphatic rings. The minimum Gasteiger partial charge on any atom is -0.475 e. The summed E-state index contributed by atoms with van der Waals surface area (Å²) in [5.41, 5.74) is 2.32. The average Bonchev–Trinajstić information content (AvgIpc) is 2.75. The smallest absolute Gasteiger partial charge is 0.373 e. The maximum absolute atomic E-state index is 11.3. The van der Waals surface area contributed by atoms with Crippen molar-refractivity contribution in [3.63, 3.8) is 0 Å². The van der Waals surface area contributed by atoms with Crippen molar-refractivity contribution in [1.82, 2.24) is 4.98 Å². The molecule has 0 bridgehead atoms. The van der Waals surface area contributed by atoms with Crippen molar-refractivity contribution in [2.45, 2.75) is 27.2 Å². The van der Waals surface area contributed by atoms with Crippen LogP contribution in [-0.4, -0.2) is 16.1 Å². The molecule has 106 valence electrons. The monoisotopic (exact) mass is 337 g/mol. The molecule has 0 saturated carbocycles. The zero-order valence-electron chi connectivity index (χ0n) is 11.6. The molecular formula is C15H16BrNO3. The second-order valence-electron chi connectivity index (χ2n) is 5.18. The summed E-state index contributed by atoms with van der Waals surface area (Å²) in [6.45, 7) is 6.00. The number of nitrogens with zero attached hydrogens (tertiary/aromatic N) is 1. The number of aryl methyl sites for hydroxylation is 1. The van der Waals surface area contributed by atoms with Gasteiger partial charge < -0.3 is 9.52 Å². The summed E-state index contributed by atoms with van der Waals surface area (Å²) in [7, 11) is 0. The van der Waals surface area contributed by atoms with Crippen LogP contribution in [0.25, 0.3) is 11.5 Å². The van der Waals surface area contributed by atoms with E-state index in [4.69, 9.17) is 4.42 Å². The lowest BCUT2D eigenvalue weighted by Crippen LogP contribution is -2.03. The molecule has 0 fully saturated rings. The van der Waals surface area contributed by atoms with Gasteiger partial charge in [-0.15, -0.1) is 0 Å². The zero-order chi connectivity index (χ0) is 14.9. The number of benzene rings is 1. The molecule has 2 aromatic rings. The lowest BCUT2D eigenvalue weighted by atomic mass is 10.1. The Hall–Kier alpha value is -1.62. The van der Waals surface area contributed by atoms with E-state index in [0.717, 1.165) is 15.6 Å². The van der Waals surface area contributed by atoms with Crippen LogP contribution < -0.4 is 0 Å². The van der Waals surface area contributed by atoms with Crippen LogP contribution in [-0.2, 0) is 6.42 Å². The Bertz CT molecular complexity index is 647. The van der Waals surface area contributed by atoms with E-state index < -0.39 is 5.97 Å². The van der Waals surface area contributed by atoms with Gasteiger partial charge in [-0.05, 0) is 47.3 Å². The van der Waals surface area contributed by atoms with E-state index in [1.165, 1.54) is 0 Å². The van der Waals surface area contributed by atoms with Crippen molar-refractivity contribution in [1.29, 1.82) is 0 Å². The number of aromatic nitrogens is 1. The van der Waals surface area contributed by atoms with Gasteiger partial charge in [-0.1, -0.05) is 25.5 Å². The van der Waals surface area contributed by atoms with Crippen molar-refractivity contribution >= 4 is 21.9 Å². The molecule has 0 saturated heterocycles. The van der Waals surface area contributed by atoms with Crippen LogP contribution in [0.1, 0.15) is 35.7 Å². The number of aromatic carboxylic acids is 1. The van der Waals surface area contributed by atoms with Gasteiger partial charge in [-0.2, -0.15) is 0 Å². The summed E-state index contributed by atoms with van der Waals surface area (Å²) in [5, 5.41) is 9.22. The summed E-state index contributed by atoms with van der Waals surface area (Å²) >= 11 is 3.44. The molecule has 20 heavy (non-hydrogen) atoms. The van der Waals surface area contributed by atoms with Crippen molar-refractivity contribution in [3.8, 4) is 11.5 Å². The number of carboxylic acids is 1. The van der Waals surface area contributed by atoms with E-state index in [9.17, 15) is 9.90 Å². The Labute approximate surface area is 126 Å². The number of oxazole rings is 1. The van der Waals surface area contributed by atoms with E-state index in [-0.39, 0.29) is 5.76 Å². The van der Waals surface area contributed by atoms with Gasteiger partial charge in [0, 0.05) is 4.47 Å². The number of carbonyl (C=O) groups is 1. The van der Waals surface area contributed by atoms with Crippen LogP contribution in [0, 0.1) is 12.8 Å². The highest BCUT2D eigenvalue weighted by Crippen LogP contribution is 2.30. The molecule has 5 heteroatoms. The maximum Gasteiger partial charge on any atom is 0.373 e.